The Morgan fingerprint density at radius 3 is 2.78 bits per heavy atom. The lowest BCUT2D eigenvalue weighted by molar-refractivity contribution is 0.628. The number of anilines is 1. The first-order valence-corrected chi connectivity index (χ1v) is 5.80. The minimum Gasteiger partial charge on any atom is -0.454 e. The number of hydrogen-bond acceptors (Lipinski definition) is 4. The van der Waals surface area contributed by atoms with Gasteiger partial charge in [0.2, 0.25) is 0 Å². The third-order valence-electron chi connectivity index (χ3n) is 2.59. The molecule has 0 amide bonds. The van der Waals surface area contributed by atoms with Crippen LogP contribution in [0, 0.1) is 6.92 Å². The number of rotatable bonds is 1. The van der Waals surface area contributed by atoms with Crippen molar-refractivity contribution < 1.29 is 4.42 Å². The first kappa shape index (κ1) is 11.0. The number of furan rings is 1. The largest absolute Gasteiger partial charge is 0.454 e. The molecule has 3 rings (SSSR count). The summed E-state index contributed by atoms with van der Waals surface area (Å²) in [6.45, 7) is 1.79. The van der Waals surface area contributed by atoms with Crippen molar-refractivity contribution in [1.29, 1.82) is 0 Å². The maximum atomic E-state index is 5.94. The van der Waals surface area contributed by atoms with Crippen molar-refractivity contribution in [1.82, 2.24) is 9.97 Å². The van der Waals surface area contributed by atoms with Gasteiger partial charge in [-0.15, -0.1) is 0 Å². The van der Waals surface area contributed by atoms with E-state index in [1.54, 1.807) is 19.1 Å². The van der Waals surface area contributed by atoms with Crippen LogP contribution < -0.4 is 5.73 Å². The molecule has 2 aromatic heterocycles. The van der Waals surface area contributed by atoms with Gasteiger partial charge in [-0.25, -0.2) is 9.97 Å². The molecule has 1 aromatic carbocycles. The van der Waals surface area contributed by atoms with E-state index in [9.17, 15) is 0 Å². The molecule has 0 bridgehead atoms. The summed E-state index contributed by atoms with van der Waals surface area (Å²) in [5, 5.41) is 1.61. The molecular formula is C13H10ClN3O. The lowest BCUT2D eigenvalue weighted by Gasteiger charge is -1.99. The minimum absolute atomic E-state index is 0.427. The Kier molecular flexibility index (Phi) is 2.45. The van der Waals surface area contributed by atoms with E-state index in [0.717, 1.165) is 11.0 Å². The predicted octanol–water partition coefficient (Wildman–Crippen LogP) is 3.43. The molecule has 4 nitrogen and oxygen atoms in total. The Morgan fingerprint density at radius 2 is 2.00 bits per heavy atom. The highest BCUT2D eigenvalue weighted by Crippen LogP contribution is 2.29. The second-order valence-corrected chi connectivity index (χ2v) is 4.45. The van der Waals surface area contributed by atoms with E-state index in [4.69, 9.17) is 21.8 Å². The van der Waals surface area contributed by atoms with Gasteiger partial charge in [0.25, 0.3) is 0 Å². The topological polar surface area (TPSA) is 64.9 Å². The lowest BCUT2D eigenvalue weighted by Crippen LogP contribution is -1.96. The van der Waals surface area contributed by atoms with Gasteiger partial charge in [0.05, 0.1) is 0 Å². The number of benzene rings is 1. The molecule has 0 saturated carbocycles. The van der Waals surface area contributed by atoms with Crippen LogP contribution in [-0.2, 0) is 0 Å². The van der Waals surface area contributed by atoms with Crippen LogP contribution in [0.15, 0.2) is 34.7 Å². The van der Waals surface area contributed by atoms with Crippen LogP contribution in [0.25, 0.3) is 22.4 Å². The highest BCUT2D eigenvalue weighted by atomic mass is 35.5. The summed E-state index contributed by atoms with van der Waals surface area (Å²) < 4.78 is 5.71. The third-order valence-corrected chi connectivity index (χ3v) is 2.82. The maximum Gasteiger partial charge on any atom is 0.154 e. The molecule has 0 atom stereocenters. The van der Waals surface area contributed by atoms with E-state index >= 15 is 0 Å². The number of fused-ring (bicyclic) bond motifs is 1. The van der Waals surface area contributed by atoms with E-state index in [2.05, 4.69) is 9.97 Å². The molecule has 0 spiro atoms. The predicted molar refractivity (Wildman–Crippen MR) is 71.4 cm³/mol. The number of halogens is 1. The van der Waals surface area contributed by atoms with Gasteiger partial charge in [0, 0.05) is 16.5 Å². The molecule has 5 heteroatoms. The van der Waals surface area contributed by atoms with Crippen molar-refractivity contribution >= 4 is 28.4 Å². The van der Waals surface area contributed by atoms with Gasteiger partial charge in [-0.1, -0.05) is 11.6 Å². The molecule has 0 aliphatic heterocycles. The molecule has 2 N–H and O–H groups in total. The van der Waals surface area contributed by atoms with Crippen LogP contribution in [0.2, 0.25) is 5.02 Å². The molecule has 0 saturated heterocycles. The number of nitrogens with two attached hydrogens (primary N) is 1. The Hall–Kier alpha value is -2.07. The molecule has 0 radical (unpaired) electrons. The van der Waals surface area contributed by atoms with Crippen LogP contribution in [0.1, 0.15) is 5.82 Å². The van der Waals surface area contributed by atoms with Gasteiger partial charge in [-0.2, -0.15) is 0 Å². The zero-order valence-electron chi connectivity index (χ0n) is 9.64. The highest BCUT2D eigenvalue weighted by molar-refractivity contribution is 6.31. The fourth-order valence-corrected chi connectivity index (χ4v) is 2.04. The zero-order chi connectivity index (χ0) is 12.7. The molecule has 18 heavy (non-hydrogen) atoms. The third kappa shape index (κ3) is 1.91. The minimum atomic E-state index is 0.427. The number of aryl methyl sites for hydroxylation is 1. The van der Waals surface area contributed by atoms with Crippen molar-refractivity contribution in [2.24, 2.45) is 0 Å². The monoisotopic (exact) mass is 259 g/mol. The summed E-state index contributed by atoms with van der Waals surface area (Å²) in [7, 11) is 0. The molecule has 0 aliphatic carbocycles. The van der Waals surface area contributed by atoms with Gasteiger partial charge < -0.3 is 10.2 Å². The van der Waals surface area contributed by atoms with E-state index < -0.39 is 0 Å². The second kappa shape index (κ2) is 3.99. The van der Waals surface area contributed by atoms with Crippen LogP contribution in [-0.4, -0.2) is 9.97 Å². The summed E-state index contributed by atoms with van der Waals surface area (Å²) in [5.41, 5.74) is 7.14. The maximum absolute atomic E-state index is 5.94. The molecule has 90 valence electrons. The summed E-state index contributed by atoms with van der Waals surface area (Å²) in [6, 6.07) is 9.05. The van der Waals surface area contributed by atoms with Gasteiger partial charge in [0.1, 0.15) is 22.9 Å². The fourth-order valence-electron chi connectivity index (χ4n) is 1.86. The highest BCUT2D eigenvalue weighted by Gasteiger charge is 2.09. The fraction of sp³-hybridized carbons (Fsp3) is 0.0769. The van der Waals surface area contributed by atoms with Gasteiger partial charge >= 0.3 is 0 Å². The van der Waals surface area contributed by atoms with Crippen LogP contribution in [0.5, 0.6) is 0 Å². The SMILES string of the molecule is Cc1nc(N)cc(-c2cc3cc(Cl)ccc3o2)n1. The first-order chi connectivity index (χ1) is 8.61. The van der Waals surface area contributed by atoms with Gasteiger partial charge in [0.15, 0.2) is 5.76 Å². The Balaban J connectivity index is 2.19. The van der Waals surface area contributed by atoms with Gasteiger partial charge in [-0.05, 0) is 31.2 Å². The van der Waals surface area contributed by atoms with Crippen LogP contribution in [0.4, 0.5) is 5.82 Å². The van der Waals surface area contributed by atoms with E-state index in [0.29, 0.717) is 28.1 Å². The molecule has 0 aliphatic rings. The van der Waals surface area contributed by atoms with E-state index in [1.807, 2.05) is 18.2 Å². The number of aromatic nitrogens is 2. The number of hydrogen-bond donors (Lipinski definition) is 1. The standard InChI is InChI=1S/C13H10ClN3O/c1-7-16-10(6-13(15)17-7)12-5-8-4-9(14)2-3-11(8)18-12/h2-6H,1H3,(H2,15,16,17). The molecule has 0 fully saturated rings. The molecule has 2 heterocycles. The Morgan fingerprint density at radius 1 is 1.17 bits per heavy atom. The summed E-state index contributed by atoms with van der Waals surface area (Å²) in [6.07, 6.45) is 0. The Labute approximate surface area is 108 Å². The average molecular weight is 260 g/mol. The van der Waals surface area contributed by atoms with Crippen molar-refractivity contribution in [2.75, 3.05) is 5.73 Å². The summed E-state index contributed by atoms with van der Waals surface area (Å²) >= 11 is 5.94. The van der Waals surface area contributed by atoms with Crippen LogP contribution >= 0.6 is 11.6 Å². The quantitative estimate of drug-likeness (QED) is 0.727. The lowest BCUT2D eigenvalue weighted by atomic mass is 10.2. The van der Waals surface area contributed by atoms with Crippen molar-refractivity contribution in [3.05, 3.63) is 41.2 Å². The number of nitrogens with zero attached hydrogens (tertiary/aromatic N) is 2. The summed E-state index contributed by atoms with van der Waals surface area (Å²) in [4.78, 5) is 8.34. The van der Waals surface area contributed by atoms with E-state index in [-0.39, 0.29) is 0 Å². The molecular weight excluding hydrogens is 250 g/mol. The van der Waals surface area contributed by atoms with Crippen molar-refractivity contribution in [3.63, 3.8) is 0 Å². The zero-order valence-corrected chi connectivity index (χ0v) is 10.4. The normalized spacial score (nSPS) is 11.0. The summed E-state index contributed by atoms with van der Waals surface area (Å²) in [5.74, 6) is 1.70. The first-order valence-electron chi connectivity index (χ1n) is 5.42. The smallest absolute Gasteiger partial charge is 0.154 e. The van der Waals surface area contributed by atoms with Crippen molar-refractivity contribution in [3.8, 4) is 11.5 Å². The van der Waals surface area contributed by atoms with Crippen LogP contribution in [0.3, 0.4) is 0 Å². The van der Waals surface area contributed by atoms with Crippen molar-refractivity contribution in [2.45, 2.75) is 6.92 Å². The average Bonchev–Trinajstić information content (AvgIpc) is 2.70. The molecule has 3 aromatic rings. The van der Waals surface area contributed by atoms with Gasteiger partial charge in [-0.3, -0.25) is 0 Å². The number of nitrogen functional groups attached to an aromatic ring is 1. The second-order valence-electron chi connectivity index (χ2n) is 4.02. The molecule has 0 unspecified atom stereocenters. The van der Waals surface area contributed by atoms with E-state index in [1.165, 1.54) is 0 Å². The Bertz CT molecular complexity index is 716.